The molecule has 3 nitrogen and oxygen atoms in total. The van der Waals surface area contributed by atoms with Crippen LogP contribution in [-0.4, -0.2) is 24.7 Å². The average Bonchev–Trinajstić information content (AvgIpc) is 2.20. The fourth-order valence-corrected chi connectivity index (χ4v) is 1.91. The molecule has 1 aromatic rings. The van der Waals surface area contributed by atoms with Crippen molar-refractivity contribution in [2.24, 2.45) is 0 Å². The quantitative estimate of drug-likeness (QED) is 0.811. The molecule has 0 unspecified atom stereocenters. The SMILES string of the molecule is Brc1ccncc1[C@@H]1COCCN1. The van der Waals surface area contributed by atoms with Gasteiger partial charge >= 0.3 is 0 Å². The largest absolute Gasteiger partial charge is 0.378 e. The van der Waals surface area contributed by atoms with E-state index in [2.05, 4.69) is 26.2 Å². The Kier molecular flexibility index (Phi) is 2.93. The second kappa shape index (κ2) is 4.17. The Balaban J connectivity index is 2.18. The van der Waals surface area contributed by atoms with Crippen molar-refractivity contribution in [3.05, 3.63) is 28.5 Å². The first-order valence-corrected chi connectivity index (χ1v) is 5.08. The summed E-state index contributed by atoms with van der Waals surface area (Å²) in [5.74, 6) is 0. The molecule has 1 saturated heterocycles. The van der Waals surface area contributed by atoms with E-state index in [-0.39, 0.29) is 6.04 Å². The van der Waals surface area contributed by atoms with E-state index < -0.39 is 0 Å². The third-order valence-corrected chi connectivity index (χ3v) is 2.82. The maximum Gasteiger partial charge on any atom is 0.0663 e. The normalized spacial score (nSPS) is 23.0. The summed E-state index contributed by atoms with van der Waals surface area (Å²) in [6.07, 6.45) is 3.65. The molecule has 4 heteroatoms. The first-order chi connectivity index (χ1) is 6.38. The van der Waals surface area contributed by atoms with Crippen molar-refractivity contribution < 1.29 is 4.74 Å². The van der Waals surface area contributed by atoms with E-state index in [1.54, 1.807) is 6.20 Å². The minimum Gasteiger partial charge on any atom is -0.378 e. The van der Waals surface area contributed by atoms with E-state index in [0.717, 1.165) is 24.2 Å². The molecule has 1 aliphatic heterocycles. The maximum absolute atomic E-state index is 5.38. The van der Waals surface area contributed by atoms with Gasteiger partial charge in [0, 0.05) is 29.0 Å². The van der Waals surface area contributed by atoms with E-state index in [1.807, 2.05) is 12.3 Å². The number of aromatic nitrogens is 1. The number of hydrogen-bond acceptors (Lipinski definition) is 3. The Morgan fingerprint density at radius 2 is 2.54 bits per heavy atom. The van der Waals surface area contributed by atoms with Crippen LogP contribution in [0.1, 0.15) is 11.6 Å². The summed E-state index contributed by atoms with van der Waals surface area (Å²) in [4.78, 5) is 4.10. The molecule has 0 bridgehead atoms. The number of nitrogens with one attached hydrogen (secondary N) is 1. The minimum absolute atomic E-state index is 0.275. The third-order valence-electron chi connectivity index (χ3n) is 2.09. The highest BCUT2D eigenvalue weighted by atomic mass is 79.9. The number of morpholine rings is 1. The summed E-state index contributed by atoms with van der Waals surface area (Å²) < 4.78 is 6.47. The Hall–Kier alpha value is -0.450. The molecule has 0 saturated carbocycles. The summed E-state index contributed by atoms with van der Waals surface area (Å²) in [7, 11) is 0. The lowest BCUT2D eigenvalue weighted by Crippen LogP contribution is -2.34. The molecule has 1 atom stereocenters. The zero-order valence-electron chi connectivity index (χ0n) is 7.16. The van der Waals surface area contributed by atoms with Crippen molar-refractivity contribution in [1.29, 1.82) is 0 Å². The zero-order chi connectivity index (χ0) is 9.10. The number of pyridine rings is 1. The average molecular weight is 243 g/mol. The van der Waals surface area contributed by atoms with Crippen LogP contribution in [0.25, 0.3) is 0 Å². The van der Waals surface area contributed by atoms with Crippen LogP contribution in [0.3, 0.4) is 0 Å². The number of ether oxygens (including phenoxy) is 1. The van der Waals surface area contributed by atoms with Crippen molar-refractivity contribution >= 4 is 15.9 Å². The van der Waals surface area contributed by atoms with E-state index in [4.69, 9.17) is 4.74 Å². The van der Waals surface area contributed by atoms with Gasteiger partial charge in [0.2, 0.25) is 0 Å². The maximum atomic E-state index is 5.38. The fraction of sp³-hybridized carbons (Fsp3) is 0.444. The summed E-state index contributed by atoms with van der Waals surface area (Å²) in [5.41, 5.74) is 1.17. The number of nitrogens with zero attached hydrogens (tertiary/aromatic N) is 1. The summed E-state index contributed by atoms with van der Waals surface area (Å²) in [6, 6.07) is 2.22. The van der Waals surface area contributed by atoms with Gasteiger partial charge in [0.25, 0.3) is 0 Å². The second-order valence-corrected chi connectivity index (χ2v) is 3.83. The molecule has 0 radical (unpaired) electrons. The standard InChI is InChI=1S/C9H11BrN2O/c10-8-1-2-11-5-7(8)9-6-13-4-3-12-9/h1-2,5,9,12H,3-4,6H2/t9-/m0/s1. The molecule has 0 aromatic carbocycles. The van der Waals surface area contributed by atoms with Crippen LogP contribution in [0.5, 0.6) is 0 Å². The van der Waals surface area contributed by atoms with E-state index in [0.29, 0.717) is 0 Å². The Morgan fingerprint density at radius 3 is 3.23 bits per heavy atom. The molecule has 2 heterocycles. The van der Waals surface area contributed by atoms with Crippen molar-refractivity contribution in [1.82, 2.24) is 10.3 Å². The highest BCUT2D eigenvalue weighted by Crippen LogP contribution is 2.23. The van der Waals surface area contributed by atoms with Gasteiger partial charge in [-0.1, -0.05) is 15.9 Å². The van der Waals surface area contributed by atoms with Crippen LogP contribution in [0.4, 0.5) is 0 Å². The van der Waals surface area contributed by atoms with Crippen LogP contribution in [0.2, 0.25) is 0 Å². The Bertz CT molecular complexity index is 287. The molecule has 0 aliphatic carbocycles. The first-order valence-electron chi connectivity index (χ1n) is 4.28. The van der Waals surface area contributed by atoms with E-state index in [9.17, 15) is 0 Å². The van der Waals surface area contributed by atoms with Crippen molar-refractivity contribution in [2.75, 3.05) is 19.8 Å². The van der Waals surface area contributed by atoms with E-state index >= 15 is 0 Å². The molecule has 1 fully saturated rings. The van der Waals surface area contributed by atoms with Gasteiger partial charge in [-0.3, -0.25) is 4.98 Å². The molecule has 1 aliphatic rings. The number of halogens is 1. The summed E-state index contributed by atoms with van der Waals surface area (Å²) in [5, 5.41) is 3.38. The van der Waals surface area contributed by atoms with Crippen LogP contribution < -0.4 is 5.32 Å². The highest BCUT2D eigenvalue weighted by Gasteiger charge is 2.17. The van der Waals surface area contributed by atoms with Gasteiger partial charge in [-0.15, -0.1) is 0 Å². The molecule has 2 rings (SSSR count). The predicted molar refractivity (Wildman–Crippen MR) is 53.5 cm³/mol. The van der Waals surface area contributed by atoms with Crippen molar-refractivity contribution in [3.63, 3.8) is 0 Å². The summed E-state index contributed by atoms with van der Waals surface area (Å²) >= 11 is 3.50. The van der Waals surface area contributed by atoms with Gasteiger partial charge in [0.05, 0.1) is 19.3 Å². The molecule has 1 aromatic heterocycles. The third kappa shape index (κ3) is 2.07. The molecule has 70 valence electrons. The predicted octanol–water partition coefficient (Wildman–Crippen LogP) is 1.50. The Labute approximate surface area is 85.6 Å². The Morgan fingerprint density at radius 1 is 1.62 bits per heavy atom. The number of rotatable bonds is 1. The number of hydrogen-bond donors (Lipinski definition) is 1. The van der Waals surface area contributed by atoms with E-state index in [1.165, 1.54) is 5.56 Å². The molecule has 0 amide bonds. The van der Waals surface area contributed by atoms with Gasteiger partial charge in [0.15, 0.2) is 0 Å². The highest BCUT2D eigenvalue weighted by molar-refractivity contribution is 9.10. The lowest BCUT2D eigenvalue weighted by atomic mass is 10.1. The fourth-order valence-electron chi connectivity index (χ4n) is 1.41. The van der Waals surface area contributed by atoms with Crippen molar-refractivity contribution in [2.45, 2.75) is 6.04 Å². The lowest BCUT2D eigenvalue weighted by Gasteiger charge is -2.24. The van der Waals surface area contributed by atoms with Gasteiger partial charge in [0.1, 0.15) is 0 Å². The molecule has 0 spiro atoms. The second-order valence-electron chi connectivity index (χ2n) is 2.98. The topological polar surface area (TPSA) is 34.1 Å². The molecular weight excluding hydrogens is 232 g/mol. The van der Waals surface area contributed by atoms with Crippen LogP contribution in [-0.2, 0) is 4.74 Å². The van der Waals surface area contributed by atoms with Crippen LogP contribution >= 0.6 is 15.9 Å². The summed E-state index contributed by atoms with van der Waals surface area (Å²) in [6.45, 7) is 2.44. The molecular formula is C9H11BrN2O. The molecule has 1 N–H and O–H groups in total. The lowest BCUT2D eigenvalue weighted by molar-refractivity contribution is 0.0766. The first kappa shape index (κ1) is 9.12. The molecule has 13 heavy (non-hydrogen) atoms. The smallest absolute Gasteiger partial charge is 0.0663 e. The van der Waals surface area contributed by atoms with Gasteiger partial charge in [-0.25, -0.2) is 0 Å². The zero-order valence-corrected chi connectivity index (χ0v) is 8.75. The van der Waals surface area contributed by atoms with Gasteiger partial charge in [-0.2, -0.15) is 0 Å². The van der Waals surface area contributed by atoms with Gasteiger partial charge in [-0.05, 0) is 6.07 Å². The van der Waals surface area contributed by atoms with Crippen molar-refractivity contribution in [3.8, 4) is 0 Å². The monoisotopic (exact) mass is 242 g/mol. The minimum atomic E-state index is 0.275. The van der Waals surface area contributed by atoms with Crippen LogP contribution in [0.15, 0.2) is 22.9 Å². The van der Waals surface area contributed by atoms with Crippen LogP contribution in [0, 0.1) is 0 Å². The van der Waals surface area contributed by atoms with Gasteiger partial charge < -0.3 is 10.1 Å².